The van der Waals surface area contributed by atoms with Gasteiger partial charge in [0.15, 0.2) is 0 Å². The molecule has 0 bridgehead atoms. The Kier molecular flexibility index (Phi) is 6.10. The van der Waals surface area contributed by atoms with Crippen LogP contribution in [0.2, 0.25) is 18.1 Å². The van der Waals surface area contributed by atoms with Gasteiger partial charge < -0.3 is 14.1 Å². The molecule has 0 aliphatic carbocycles. The van der Waals surface area contributed by atoms with Gasteiger partial charge in [0.1, 0.15) is 5.82 Å². The second-order valence-electron chi connectivity index (χ2n) is 7.84. The maximum atomic E-state index is 14.4. The molecule has 2 rings (SSSR count). The Hall–Kier alpha value is -1.33. The summed E-state index contributed by atoms with van der Waals surface area (Å²) in [5, 5.41) is 0.184. The van der Waals surface area contributed by atoms with E-state index in [4.69, 9.17) is 9.16 Å². The molecule has 1 heterocycles. The Balaban J connectivity index is 1.94. The number of nitrogens with zero attached hydrogens (tertiary/aromatic N) is 1. The standard InChI is InChI=1S/C19H30FNO2Si/c1-19(2,3)24(4,5)23-12-6-7-16-8-9-18(17(20)15-16)21-10-13-22-14-11-21/h6,8-9,12,15H,7,10-11,13-14H2,1-5H3/b12-6+. The van der Waals surface area contributed by atoms with Crippen LogP contribution in [0.3, 0.4) is 0 Å². The van der Waals surface area contributed by atoms with Crippen LogP contribution in [0.4, 0.5) is 10.1 Å². The molecule has 24 heavy (non-hydrogen) atoms. The number of hydrogen-bond donors (Lipinski definition) is 0. The SMILES string of the molecule is CC(C)(C)[Si](C)(C)O/C=C/Cc1ccc(N2CCOCC2)c(F)c1. The molecule has 0 atom stereocenters. The number of morpholine rings is 1. The van der Waals surface area contributed by atoms with Crippen LogP contribution in [-0.2, 0) is 15.6 Å². The Morgan fingerprint density at radius 3 is 2.50 bits per heavy atom. The first kappa shape index (κ1) is 19.0. The number of allylic oxidation sites excluding steroid dienone is 1. The Bertz CT molecular complexity index is 575. The normalized spacial score (nSPS) is 16.7. The predicted octanol–water partition coefficient (Wildman–Crippen LogP) is 4.74. The van der Waals surface area contributed by atoms with Crippen molar-refractivity contribution in [2.45, 2.75) is 45.3 Å². The number of ether oxygens (including phenoxy) is 1. The molecule has 0 spiro atoms. The summed E-state index contributed by atoms with van der Waals surface area (Å²) >= 11 is 0. The molecular weight excluding hydrogens is 321 g/mol. The van der Waals surface area contributed by atoms with Gasteiger partial charge in [-0.3, -0.25) is 0 Å². The van der Waals surface area contributed by atoms with Crippen LogP contribution in [0, 0.1) is 5.82 Å². The molecule has 5 heteroatoms. The van der Waals surface area contributed by atoms with Gasteiger partial charge in [0.2, 0.25) is 8.32 Å². The second-order valence-corrected chi connectivity index (χ2v) is 12.6. The average molecular weight is 352 g/mol. The van der Waals surface area contributed by atoms with Crippen LogP contribution in [0.15, 0.2) is 30.5 Å². The smallest absolute Gasteiger partial charge is 0.249 e. The summed E-state index contributed by atoms with van der Waals surface area (Å²) in [5.41, 5.74) is 1.63. The lowest BCUT2D eigenvalue weighted by atomic mass is 10.1. The van der Waals surface area contributed by atoms with Crippen LogP contribution in [0.1, 0.15) is 26.3 Å². The van der Waals surface area contributed by atoms with E-state index in [1.807, 2.05) is 23.1 Å². The summed E-state index contributed by atoms with van der Waals surface area (Å²) in [6.07, 6.45) is 4.45. The molecule has 1 fully saturated rings. The lowest BCUT2D eigenvalue weighted by Gasteiger charge is -2.34. The van der Waals surface area contributed by atoms with Crippen molar-refractivity contribution in [2.75, 3.05) is 31.2 Å². The number of benzene rings is 1. The van der Waals surface area contributed by atoms with E-state index >= 15 is 0 Å². The van der Waals surface area contributed by atoms with Crippen molar-refractivity contribution in [3.05, 3.63) is 41.9 Å². The number of rotatable bonds is 5. The largest absolute Gasteiger partial charge is 0.549 e. The van der Waals surface area contributed by atoms with Gasteiger partial charge in [-0.1, -0.05) is 26.8 Å². The van der Waals surface area contributed by atoms with Crippen LogP contribution in [-0.4, -0.2) is 34.6 Å². The zero-order valence-corrected chi connectivity index (χ0v) is 16.6. The van der Waals surface area contributed by atoms with E-state index in [0.29, 0.717) is 25.3 Å². The highest BCUT2D eigenvalue weighted by atomic mass is 28.4. The monoisotopic (exact) mass is 351 g/mol. The third kappa shape index (κ3) is 4.83. The molecule has 1 aromatic carbocycles. The molecule has 0 saturated carbocycles. The Morgan fingerprint density at radius 2 is 1.92 bits per heavy atom. The van der Waals surface area contributed by atoms with Crippen LogP contribution in [0.25, 0.3) is 0 Å². The zero-order valence-electron chi connectivity index (χ0n) is 15.6. The van der Waals surface area contributed by atoms with Crippen molar-refractivity contribution in [1.82, 2.24) is 0 Å². The molecule has 0 N–H and O–H groups in total. The summed E-state index contributed by atoms with van der Waals surface area (Å²) in [4.78, 5) is 2.04. The van der Waals surface area contributed by atoms with Gasteiger partial charge in [-0.15, -0.1) is 0 Å². The molecule has 1 saturated heterocycles. The number of hydrogen-bond acceptors (Lipinski definition) is 3. The Morgan fingerprint density at radius 1 is 1.25 bits per heavy atom. The fraction of sp³-hybridized carbons (Fsp3) is 0.579. The highest BCUT2D eigenvalue weighted by Gasteiger charge is 2.37. The number of anilines is 1. The van der Waals surface area contributed by atoms with Crippen molar-refractivity contribution in [3.63, 3.8) is 0 Å². The summed E-state index contributed by atoms with van der Waals surface area (Å²) in [6.45, 7) is 13.9. The quantitative estimate of drug-likeness (QED) is 0.565. The van der Waals surface area contributed by atoms with Crippen LogP contribution >= 0.6 is 0 Å². The lowest BCUT2D eigenvalue weighted by molar-refractivity contribution is 0.122. The topological polar surface area (TPSA) is 21.7 Å². The summed E-state index contributed by atoms with van der Waals surface area (Å²) in [5.74, 6) is -0.159. The van der Waals surface area contributed by atoms with E-state index < -0.39 is 8.32 Å². The molecule has 1 aliphatic heterocycles. The van der Waals surface area contributed by atoms with E-state index in [9.17, 15) is 4.39 Å². The first-order chi connectivity index (χ1) is 11.2. The summed E-state index contributed by atoms with van der Waals surface area (Å²) < 4.78 is 25.7. The molecule has 0 aromatic heterocycles. The van der Waals surface area contributed by atoms with Crippen LogP contribution in [0.5, 0.6) is 0 Å². The lowest BCUT2D eigenvalue weighted by Crippen LogP contribution is -2.39. The van der Waals surface area contributed by atoms with E-state index in [1.54, 1.807) is 12.3 Å². The molecule has 1 aromatic rings. The van der Waals surface area contributed by atoms with Crippen molar-refractivity contribution < 1.29 is 13.6 Å². The zero-order chi connectivity index (χ0) is 17.8. The fourth-order valence-electron chi connectivity index (χ4n) is 2.32. The molecule has 0 radical (unpaired) electrons. The highest BCUT2D eigenvalue weighted by molar-refractivity contribution is 6.74. The van der Waals surface area contributed by atoms with Gasteiger partial charge >= 0.3 is 0 Å². The van der Waals surface area contributed by atoms with Gasteiger partial charge in [0.05, 0.1) is 25.2 Å². The minimum absolute atomic E-state index is 0.159. The van der Waals surface area contributed by atoms with Crippen molar-refractivity contribution in [3.8, 4) is 0 Å². The van der Waals surface area contributed by atoms with Gasteiger partial charge in [-0.2, -0.15) is 0 Å². The van der Waals surface area contributed by atoms with Crippen LogP contribution < -0.4 is 4.90 Å². The molecule has 0 unspecified atom stereocenters. The van der Waals surface area contributed by atoms with Crippen molar-refractivity contribution in [1.29, 1.82) is 0 Å². The third-order valence-corrected chi connectivity index (χ3v) is 9.32. The molecular formula is C19H30FNO2Si. The third-order valence-electron chi connectivity index (χ3n) is 4.98. The summed E-state index contributed by atoms with van der Waals surface area (Å²) in [6, 6.07) is 5.49. The summed E-state index contributed by atoms with van der Waals surface area (Å²) in [7, 11) is -1.76. The average Bonchev–Trinajstić information content (AvgIpc) is 2.51. The van der Waals surface area contributed by atoms with E-state index in [-0.39, 0.29) is 10.9 Å². The van der Waals surface area contributed by atoms with E-state index in [1.165, 1.54) is 0 Å². The van der Waals surface area contributed by atoms with Gasteiger partial charge in [-0.25, -0.2) is 4.39 Å². The number of halogens is 1. The molecule has 3 nitrogen and oxygen atoms in total. The fourth-order valence-corrected chi connectivity index (χ4v) is 3.11. The predicted molar refractivity (Wildman–Crippen MR) is 101 cm³/mol. The molecule has 0 amide bonds. The first-order valence-electron chi connectivity index (χ1n) is 8.65. The van der Waals surface area contributed by atoms with Gasteiger partial charge in [0, 0.05) is 13.1 Å². The van der Waals surface area contributed by atoms with Crippen molar-refractivity contribution >= 4 is 14.0 Å². The van der Waals surface area contributed by atoms with E-state index in [2.05, 4.69) is 33.9 Å². The first-order valence-corrected chi connectivity index (χ1v) is 11.6. The minimum Gasteiger partial charge on any atom is -0.549 e. The van der Waals surface area contributed by atoms with Gasteiger partial charge in [-0.05, 0) is 48.3 Å². The van der Waals surface area contributed by atoms with Crippen molar-refractivity contribution in [2.24, 2.45) is 0 Å². The maximum absolute atomic E-state index is 14.4. The molecule has 134 valence electrons. The highest BCUT2D eigenvalue weighted by Crippen LogP contribution is 2.36. The Labute approximate surface area is 146 Å². The second kappa shape index (κ2) is 7.70. The molecule has 1 aliphatic rings. The minimum atomic E-state index is -1.76. The van der Waals surface area contributed by atoms with Gasteiger partial charge in [0.25, 0.3) is 0 Å². The van der Waals surface area contributed by atoms with E-state index in [0.717, 1.165) is 18.7 Å². The maximum Gasteiger partial charge on any atom is 0.249 e.